The number of amides is 1. The van der Waals surface area contributed by atoms with Gasteiger partial charge in [0.15, 0.2) is 11.3 Å². The molecule has 6 nitrogen and oxygen atoms in total. The van der Waals surface area contributed by atoms with Crippen LogP contribution in [0.2, 0.25) is 0 Å². The van der Waals surface area contributed by atoms with E-state index in [4.69, 9.17) is 0 Å². The van der Waals surface area contributed by atoms with Crippen molar-refractivity contribution in [3.8, 4) is 0 Å². The monoisotopic (exact) mass is 334 g/mol. The Morgan fingerprint density at radius 3 is 2.92 bits per heavy atom. The summed E-state index contributed by atoms with van der Waals surface area (Å²) < 4.78 is 16.2. The van der Waals surface area contributed by atoms with Gasteiger partial charge in [0.25, 0.3) is 5.91 Å². The predicted octanol–water partition coefficient (Wildman–Crippen LogP) is 2.26. The Morgan fingerprint density at radius 1 is 1.50 bits per heavy atom. The Balaban J connectivity index is 2.01. The first kappa shape index (κ1) is 16.8. The molecule has 24 heavy (non-hydrogen) atoms. The van der Waals surface area contributed by atoms with Crippen LogP contribution in [0, 0.1) is 6.92 Å². The SMILES string of the molecule is Cc1cc(C(=O)N2CCCC(F)(CO)C2)c2cnn(C(C)C)c2n1. The smallest absolute Gasteiger partial charge is 0.254 e. The second-order valence-electron chi connectivity index (χ2n) is 6.87. The summed E-state index contributed by atoms with van der Waals surface area (Å²) in [5, 5.41) is 14.3. The number of hydrogen-bond donors (Lipinski definition) is 1. The highest BCUT2D eigenvalue weighted by Crippen LogP contribution is 2.28. The normalized spacial score (nSPS) is 21.7. The molecule has 1 aliphatic rings. The number of rotatable bonds is 3. The molecule has 1 unspecified atom stereocenters. The van der Waals surface area contributed by atoms with Crippen molar-refractivity contribution < 1.29 is 14.3 Å². The van der Waals surface area contributed by atoms with E-state index in [0.717, 1.165) is 5.69 Å². The highest BCUT2D eigenvalue weighted by Gasteiger charge is 2.37. The Morgan fingerprint density at radius 2 is 2.25 bits per heavy atom. The number of fused-ring (bicyclic) bond motifs is 1. The van der Waals surface area contributed by atoms with Gasteiger partial charge in [0, 0.05) is 18.3 Å². The lowest BCUT2D eigenvalue weighted by Gasteiger charge is -2.36. The number of piperidine rings is 1. The molecule has 3 rings (SSSR count). The summed E-state index contributed by atoms with van der Waals surface area (Å²) in [5.41, 5.74) is 0.168. The second kappa shape index (κ2) is 6.12. The predicted molar refractivity (Wildman–Crippen MR) is 88.7 cm³/mol. The number of alkyl halides is 1. The van der Waals surface area contributed by atoms with Crippen LogP contribution in [-0.2, 0) is 0 Å². The fraction of sp³-hybridized carbons (Fsp3) is 0.588. The van der Waals surface area contributed by atoms with Crippen LogP contribution < -0.4 is 0 Å². The van der Waals surface area contributed by atoms with E-state index >= 15 is 0 Å². The van der Waals surface area contributed by atoms with Crippen molar-refractivity contribution in [2.75, 3.05) is 19.7 Å². The van der Waals surface area contributed by atoms with E-state index in [1.54, 1.807) is 16.9 Å². The van der Waals surface area contributed by atoms with Crippen molar-refractivity contribution in [2.45, 2.75) is 45.3 Å². The van der Waals surface area contributed by atoms with Crippen molar-refractivity contribution in [1.29, 1.82) is 0 Å². The van der Waals surface area contributed by atoms with E-state index < -0.39 is 12.3 Å². The molecule has 0 aliphatic carbocycles. The third kappa shape index (κ3) is 2.88. The average molecular weight is 334 g/mol. The maximum Gasteiger partial charge on any atom is 0.254 e. The fourth-order valence-corrected chi connectivity index (χ4v) is 3.26. The van der Waals surface area contributed by atoms with E-state index in [9.17, 15) is 14.3 Å². The number of carbonyl (C=O) groups excluding carboxylic acids is 1. The summed E-state index contributed by atoms with van der Waals surface area (Å²) in [6, 6.07) is 1.85. The van der Waals surface area contributed by atoms with Crippen molar-refractivity contribution in [3.05, 3.63) is 23.5 Å². The Bertz CT molecular complexity index is 773. The third-order valence-electron chi connectivity index (χ3n) is 4.51. The second-order valence-corrected chi connectivity index (χ2v) is 6.87. The molecule has 1 saturated heterocycles. The van der Waals surface area contributed by atoms with Gasteiger partial charge >= 0.3 is 0 Å². The average Bonchev–Trinajstić information content (AvgIpc) is 2.97. The third-order valence-corrected chi connectivity index (χ3v) is 4.51. The number of hydrogen-bond acceptors (Lipinski definition) is 4. The molecule has 1 amide bonds. The van der Waals surface area contributed by atoms with Crippen LogP contribution in [0.4, 0.5) is 4.39 Å². The summed E-state index contributed by atoms with van der Waals surface area (Å²) in [7, 11) is 0. The molecule has 2 aromatic heterocycles. The lowest BCUT2D eigenvalue weighted by Crippen LogP contribution is -2.49. The molecule has 0 bridgehead atoms. The maximum atomic E-state index is 14.5. The first-order chi connectivity index (χ1) is 11.3. The topological polar surface area (TPSA) is 71.2 Å². The van der Waals surface area contributed by atoms with Crippen LogP contribution in [0.25, 0.3) is 11.0 Å². The molecule has 0 saturated carbocycles. The van der Waals surface area contributed by atoms with E-state index in [2.05, 4.69) is 10.1 Å². The van der Waals surface area contributed by atoms with Gasteiger partial charge in [0.05, 0.1) is 30.3 Å². The molecule has 0 aromatic carbocycles. The summed E-state index contributed by atoms with van der Waals surface area (Å²) >= 11 is 0. The first-order valence-corrected chi connectivity index (χ1v) is 8.28. The van der Waals surface area contributed by atoms with Crippen LogP contribution in [0.1, 0.15) is 48.8 Å². The van der Waals surface area contributed by atoms with Gasteiger partial charge in [-0.2, -0.15) is 5.10 Å². The van der Waals surface area contributed by atoms with E-state index in [1.807, 2.05) is 20.8 Å². The number of aliphatic hydroxyl groups excluding tert-OH is 1. The number of carbonyl (C=O) groups is 1. The minimum atomic E-state index is -1.71. The molecule has 1 atom stereocenters. The zero-order valence-corrected chi connectivity index (χ0v) is 14.3. The molecule has 3 heterocycles. The lowest BCUT2D eigenvalue weighted by molar-refractivity contribution is 0.00181. The summed E-state index contributed by atoms with van der Waals surface area (Å²) in [6.07, 6.45) is 2.47. The summed E-state index contributed by atoms with van der Waals surface area (Å²) in [4.78, 5) is 19.0. The van der Waals surface area contributed by atoms with Crippen molar-refractivity contribution in [3.63, 3.8) is 0 Å². The fourth-order valence-electron chi connectivity index (χ4n) is 3.26. The zero-order chi connectivity index (χ0) is 17.5. The van der Waals surface area contributed by atoms with Crippen LogP contribution in [0.15, 0.2) is 12.3 Å². The molecule has 7 heteroatoms. The molecule has 1 aliphatic heterocycles. The van der Waals surface area contributed by atoms with Crippen LogP contribution in [0.5, 0.6) is 0 Å². The molecular formula is C17H23FN4O2. The van der Waals surface area contributed by atoms with E-state index in [1.165, 1.54) is 4.90 Å². The highest BCUT2D eigenvalue weighted by atomic mass is 19.1. The van der Waals surface area contributed by atoms with Gasteiger partial charge in [-0.05, 0) is 39.7 Å². The van der Waals surface area contributed by atoms with Gasteiger partial charge in [-0.25, -0.2) is 14.1 Å². The first-order valence-electron chi connectivity index (χ1n) is 8.28. The minimum Gasteiger partial charge on any atom is -0.393 e. The van der Waals surface area contributed by atoms with Gasteiger partial charge in [0.1, 0.15) is 0 Å². The van der Waals surface area contributed by atoms with Crippen LogP contribution in [-0.4, -0.2) is 56.0 Å². The molecule has 0 radical (unpaired) electrons. The minimum absolute atomic E-state index is 0.0798. The van der Waals surface area contributed by atoms with E-state index in [-0.39, 0.29) is 24.9 Å². The van der Waals surface area contributed by atoms with Gasteiger partial charge in [0.2, 0.25) is 0 Å². The number of halogens is 1. The molecule has 130 valence electrons. The van der Waals surface area contributed by atoms with Crippen molar-refractivity contribution in [1.82, 2.24) is 19.7 Å². The molecular weight excluding hydrogens is 311 g/mol. The van der Waals surface area contributed by atoms with Crippen molar-refractivity contribution in [2.24, 2.45) is 0 Å². The van der Waals surface area contributed by atoms with Gasteiger partial charge in [-0.15, -0.1) is 0 Å². The Hall–Kier alpha value is -2.02. The maximum absolute atomic E-state index is 14.5. The molecule has 1 fully saturated rings. The standard InChI is InChI=1S/C17H23FN4O2/c1-11(2)22-15-14(8-19-22)13(7-12(3)20-15)16(24)21-6-4-5-17(18,9-21)10-23/h7-8,11,23H,4-6,9-10H2,1-3H3. The number of nitrogens with zero attached hydrogens (tertiary/aromatic N) is 4. The molecule has 1 N–H and O–H groups in total. The van der Waals surface area contributed by atoms with Crippen molar-refractivity contribution >= 4 is 16.9 Å². The number of aryl methyl sites for hydroxylation is 1. The number of likely N-dealkylation sites (tertiary alicyclic amines) is 1. The number of aromatic nitrogens is 3. The quantitative estimate of drug-likeness (QED) is 0.934. The van der Waals surface area contributed by atoms with Gasteiger partial charge < -0.3 is 10.0 Å². The van der Waals surface area contributed by atoms with E-state index in [0.29, 0.717) is 29.6 Å². The Labute approximate surface area is 140 Å². The highest BCUT2D eigenvalue weighted by molar-refractivity contribution is 6.05. The number of aliphatic hydroxyl groups is 1. The van der Waals surface area contributed by atoms with Crippen LogP contribution >= 0.6 is 0 Å². The number of pyridine rings is 1. The Kier molecular flexibility index (Phi) is 4.29. The van der Waals surface area contributed by atoms with Crippen LogP contribution in [0.3, 0.4) is 0 Å². The molecule has 0 spiro atoms. The molecule has 2 aromatic rings. The zero-order valence-electron chi connectivity index (χ0n) is 14.3. The summed E-state index contributed by atoms with van der Waals surface area (Å²) in [5.74, 6) is -0.232. The largest absolute Gasteiger partial charge is 0.393 e. The van der Waals surface area contributed by atoms with Gasteiger partial charge in [-0.3, -0.25) is 4.79 Å². The summed E-state index contributed by atoms with van der Waals surface area (Å²) in [6.45, 7) is 5.68. The lowest BCUT2D eigenvalue weighted by atomic mass is 9.95. The van der Waals surface area contributed by atoms with Gasteiger partial charge in [-0.1, -0.05) is 0 Å².